The molecule has 2 amide bonds. The standard InChI is InChI=1S/C16H16BrN3O3/c1-10-6-7-12(9-18-10)16(22)20-19-15(21)11(2)23-14-5-3-4-13(17)8-14/h3-9,11H,1-2H3,(H,19,21)(H,20,22). The zero-order valence-corrected chi connectivity index (χ0v) is 14.3. The molecular formula is C16H16BrN3O3. The number of halogens is 1. The minimum absolute atomic E-state index is 0.358. The Balaban J connectivity index is 1.86. The van der Waals surface area contributed by atoms with E-state index in [9.17, 15) is 9.59 Å². The molecule has 1 unspecified atom stereocenters. The van der Waals surface area contributed by atoms with Crippen molar-refractivity contribution >= 4 is 27.7 Å². The van der Waals surface area contributed by atoms with Gasteiger partial charge >= 0.3 is 0 Å². The third-order valence-corrected chi connectivity index (χ3v) is 3.44. The van der Waals surface area contributed by atoms with Crippen molar-refractivity contribution in [1.82, 2.24) is 15.8 Å². The highest BCUT2D eigenvalue weighted by molar-refractivity contribution is 9.10. The fourth-order valence-electron chi connectivity index (χ4n) is 1.69. The molecule has 120 valence electrons. The average Bonchev–Trinajstić information content (AvgIpc) is 2.53. The van der Waals surface area contributed by atoms with Crippen LogP contribution in [0, 0.1) is 6.92 Å². The minimum atomic E-state index is -0.763. The normalized spacial score (nSPS) is 11.4. The number of carbonyl (C=O) groups excluding carboxylic acids is 2. The number of nitrogens with zero attached hydrogens (tertiary/aromatic N) is 1. The van der Waals surface area contributed by atoms with Gasteiger partial charge in [0.15, 0.2) is 6.10 Å². The predicted molar refractivity (Wildman–Crippen MR) is 88.8 cm³/mol. The van der Waals surface area contributed by atoms with Crippen molar-refractivity contribution in [3.8, 4) is 5.75 Å². The van der Waals surface area contributed by atoms with Crippen molar-refractivity contribution in [3.63, 3.8) is 0 Å². The Morgan fingerprint density at radius 2 is 2.00 bits per heavy atom. The van der Waals surface area contributed by atoms with Crippen molar-refractivity contribution < 1.29 is 14.3 Å². The molecule has 1 aromatic carbocycles. The van der Waals surface area contributed by atoms with Gasteiger partial charge in [-0.05, 0) is 44.2 Å². The zero-order chi connectivity index (χ0) is 16.8. The number of carbonyl (C=O) groups is 2. The molecule has 0 fully saturated rings. The Bertz CT molecular complexity index is 704. The lowest BCUT2D eigenvalue weighted by atomic mass is 10.2. The molecule has 0 aliphatic heterocycles. The first-order chi connectivity index (χ1) is 11.0. The Morgan fingerprint density at radius 3 is 2.65 bits per heavy atom. The highest BCUT2D eigenvalue weighted by atomic mass is 79.9. The van der Waals surface area contributed by atoms with Gasteiger partial charge < -0.3 is 4.74 Å². The van der Waals surface area contributed by atoms with E-state index in [0.29, 0.717) is 11.3 Å². The van der Waals surface area contributed by atoms with Crippen LogP contribution in [-0.4, -0.2) is 22.9 Å². The van der Waals surface area contributed by atoms with Crippen molar-refractivity contribution in [2.45, 2.75) is 20.0 Å². The lowest BCUT2D eigenvalue weighted by Crippen LogP contribution is -2.47. The fraction of sp³-hybridized carbons (Fsp3) is 0.188. The summed E-state index contributed by atoms with van der Waals surface area (Å²) in [7, 11) is 0. The quantitative estimate of drug-likeness (QED) is 0.801. The van der Waals surface area contributed by atoms with E-state index in [1.54, 1.807) is 37.3 Å². The van der Waals surface area contributed by atoms with E-state index >= 15 is 0 Å². The van der Waals surface area contributed by atoms with Crippen LogP contribution >= 0.6 is 15.9 Å². The molecule has 0 aliphatic carbocycles. The molecule has 0 bridgehead atoms. The number of benzene rings is 1. The van der Waals surface area contributed by atoms with Crippen molar-refractivity contribution in [2.24, 2.45) is 0 Å². The molecule has 0 saturated heterocycles. The van der Waals surface area contributed by atoms with Crippen molar-refractivity contribution in [1.29, 1.82) is 0 Å². The first-order valence-corrected chi connectivity index (χ1v) is 7.70. The van der Waals surface area contributed by atoms with Gasteiger partial charge in [-0.1, -0.05) is 22.0 Å². The molecule has 1 heterocycles. The molecule has 1 atom stereocenters. The number of nitrogens with one attached hydrogen (secondary N) is 2. The van der Waals surface area contributed by atoms with E-state index in [1.807, 2.05) is 13.0 Å². The summed E-state index contributed by atoms with van der Waals surface area (Å²) in [5, 5.41) is 0. The number of rotatable bonds is 4. The monoisotopic (exact) mass is 377 g/mol. The third kappa shape index (κ3) is 5.07. The molecular weight excluding hydrogens is 362 g/mol. The topological polar surface area (TPSA) is 80.3 Å². The molecule has 1 aromatic heterocycles. The van der Waals surface area contributed by atoms with E-state index in [1.165, 1.54) is 6.20 Å². The Hall–Kier alpha value is -2.41. The number of hydrazine groups is 1. The van der Waals surface area contributed by atoms with E-state index in [2.05, 4.69) is 31.8 Å². The summed E-state index contributed by atoms with van der Waals surface area (Å²) in [4.78, 5) is 27.8. The number of pyridine rings is 1. The molecule has 2 aromatic rings. The summed E-state index contributed by atoms with van der Waals surface area (Å²) in [6, 6.07) is 10.5. The highest BCUT2D eigenvalue weighted by Gasteiger charge is 2.16. The minimum Gasteiger partial charge on any atom is -0.481 e. The average molecular weight is 378 g/mol. The summed E-state index contributed by atoms with van der Waals surface area (Å²) >= 11 is 3.33. The second kappa shape index (κ2) is 7.73. The second-order valence-electron chi connectivity index (χ2n) is 4.85. The lowest BCUT2D eigenvalue weighted by Gasteiger charge is -2.15. The molecule has 2 N–H and O–H groups in total. The van der Waals surface area contributed by atoms with Gasteiger partial charge in [0.25, 0.3) is 11.8 Å². The zero-order valence-electron chi connectivity index (χ0n) is 12.7. The smallest absolute Gasteiger partial charge is 0.279 e. The number of amides is 2. The summed E-state index contributed by atoms with van der Waals surface area (Å²) in [6.07, 6.45) is 0.680. The Morgan fingerprint density at radius 1 is 1.22 bits per heavy atom. The largest absolute Gasteiger partial charge is 0.481 e. The van der Waals surface area contributed by atoms with Crippen LogP contribution in [0.3, 0.4) is 0 Å². The number of aromatic nitrogens is 1. The van der Waals surface area contributed by atoms with Gasteiger partial charge in [0.05, 0.1) is 5.56 Å². The molecule has 2 rings (SSSR count). The SMILES string of the molecule is Cc1ccc(C(=O)NNC(=O)C(C)Oc2cccc(Br)c2)cn1. The second-order valence-corrected chi connectivity index (χ2v) is 5.76. The maximum absolute atomic E-state index is 11.9. The van der Waals surface area contributed by atoms with Gasteiger partial charge in [-0.2, -0.15) is 0 Å². The third-order valence-electron chi connectivity index (χ3n) is 2.95. The first kappa shape index (κ1) is 17.0. The van der Waals surface area contributed by atoms with Gasteiger partial charge in [0.1, 0.15) is 5.75 Å². The molecule has 0 radical (unpaired) electrons. The maximum atomic E-state index is 11.9. The number of hydrogen-bond donors (Lipinski definition) is 2. The summed E-state index contributed by atoms with van der Waals surface area (Å²) in [5.74, 6) is -0.352. The maximum Gasteiger partial charge on any atom is 0.279 e. The molecule has 0 aliphatic rings. The van der Waals surface area contributed by atoms with Crippen molar-refractivity contribution in [2.75, 3.05) is 0 Å². The number of hydrogen-bond acceptors (Lipinski definition) is 4. The van der Waals surface area contributed by atoms with E-state index in [4.69, 9.17) is 4.74 Å². The molecule has 0 saturated carbocycles. The van der Waals surface area contributed by atoms with Crippen LogP contribution in [0.15, 0.2) is 47.1 Å². The number of aryl methyl sites for hydroxylation is 1. The van der Waals surface area contributed by atoms with Gasteiger partial charge in [0, 0.05) is 16.4 Å². The van der Waals surface area contributed by atoms with Gasteiger partial charge in [-0.15, -0.1) is 0 Å². The fourth-order valence-corrected chi connectivity index (χ4v) is 2.07. The van der Waals surface area contributed by atoms with Gasteiger partial charge in [-0.25, -0.2) is 0 Å². The van der Waals surface area contributed by atoms with Crippen LogP contribution in [0.1, 0.15) is 23.0 Å². The van der Waals surface area contributed by atoms with E-state index in [0.717, 1.165) is 10.2 Å². The summed E-state index contributed by atoms with van der Waals surface area (Å²) in [6.45, 7) is 3.42. The molecule has 7 heteroatoms. The van der Waals surface area contributed by atoms with E-state index in [-0.39, 0.29) is 0 Å². The Kier molecular flexibility index (Phi) is 5.70. The van der Waals surface area contributed by atoms with Crippen LogP contribution in [0.25, 0.3) is 0 Å². The van der Waals surface area contributed by atoms with Crippen LogP contribution in [0.4, 0.5) is 0 Å². The van der Waals surface area contributed by atoms with Gasteiger partial charge in [0.2, 0.25) is 0 Å². The van der Waals surface area contributed by atoms with Gasteiger partial charge in [-0.3, -0.25) is 25.4 Å². The molecule has 23 heavy (non-hydrogen) atoms. The lowest BCUT2D eigenvalue weighted by molar-refractivity contribution is -0.128. The van der Waals surface area contributed by atoms with Crippen molar-refractivity contribution in [3.05, 3.63) is 58.3 Å². The predicted octanol–water partition coefficient (Wildman–Crippen LogP) is 2.38. The first-order valence-electron chi connectivity index (χ1n) is 6.91. The molecule has 6 nitrogen and oxygen atoms in total. The van der Waals surface area contributed by atoms with E-state index < -0.39 is 17.9 Å². The molecule has 0 spiro atoms. The van der Waals surface area contributed by atoms with Crippen LogP contribution < -0.4 is 15.6 Å². The highest BCUT2D eigenvalue weighted by Crippen LogP contribution is 2.18. The summed E-state index contributed by atoms with van der Waals surface area (Å²) < 4.78 is 6.35. The van der Waals surface area contributed by atoms with Crippen LogP contribution in [0.5, 0.6) is 5.75 Å². The van der Waals surface area contributed by atoms with Crippen LogP contribution in [0.2, 0.25) is 0 Å². The number of ether oxygens (including phenoxy) is 1. The van der Waals surface area contributed by atoms with Crippen LogP contribution in [-0.2, 0) is 4.79 Å². The summed E-state index contributed by atoms with van der Waals surface area (Å²) in [5.41, 5.74) is 5.82. The Labute approximate surface area is 142 Å².